The van der Waals surface area contributed by atoms with E-state index in [0.717, 1.165) is 12.8 Å². The lowest BCUT2D eigenvalue weighted by Gasteiger charge is -2.05. The summed E-state index contributed by atoms with van der Waals surface area (Å²) in [5.74, 6) is 0. The fourth-order valence-corrected chi connectivity index (χ4v) is 1.12. The number of rotatable bonds is 10. The smallest absolute Gasteiger partial charge is 0.464 e. The standard InChI is InChI=1S/C11H20O5/c1-2-3-4-5-6-7-15-11(13)16-9-8-14-10-12/h10H,2-9H2,1H3. The lowest BCUT2D eigenvalue weighted by molar-refractivity contribution is -0.129. The number of carbonyl (C=O) groups is 2. The van der Waals surface area contributed by atoms with Gasteiger partial charge < -0.3 is 14.2 Å². The summed E-state index contributed by atoms with van der Waals surface area (Å²) in [5, 5.41) is 0. The Morgan fingerprint density at radius 3 is 2.38 bits per heavy atom. The fraction of sp³-hybridized carbons (Fsp3) is 0.818. The van der Waals surface area contributed by atoms with Gasteiger partial charge in [-0.25, -0.2) is 4.79 Å². The van der Waals surface area contributed by atoms with Gasteiger partial charge in [0, 0.05) is 0 Å². The van der Waals surface area contributed by atoms with Crippen LogP contribution < -0.4 is 0 Å². The van der Waals surface area contributed by atoms with Crippen molar-refractivity contribution < 1.29 is 23.8 Å². The number of ether oxygens (including phenoxy) is 3. The zero-order valence-corrected chi connectivity index (χ0v) is 9.78. The van der Waals surface area contributed by atoms with Crippen LogP contribution in [0.3, 0.4) is 0 Å². The quantitative estimate of drug-likeness (QED) is 0.328. The van der Waals surface area contributed by atoms with Crippen LogP contribution in [0.4, 0.5) is 4.79 Å². The van der Waals surface area contributed by atoms with Gasteiger partial charge in [-0.1, -0.05) is 32.6 Å². The summed E-state index contributed by atoms with van der Waals surface area (Å²) in [7, 11) is 0. The van der Waals surface area contributed by atoms with Gasteiger partial charge in [0.25, 0.3) is 6.47 Å². The van der Waals surface area contributed by atoms with Crippen molar-refractivity contribution in [3.63, 3.8) is 0 Å². The van der Waals surface area contributed by atoms with Gasteiger partial charge in [-0.3, -0.25) is 4.79 Å². The molecule has 0 amide bonds. The molecule has 5 nitrogen and oxygen atoms in total. The van der Waals surface area contributed by atoms with Crippen molar-refractivity contribution >= 4 is 12.6 Å². The van der Waals surface area contributed by atoms with Crippen molar-refractivity contribution in [3.05, 3.63) is 0 Å². The molecule has 0 aromatic rings. The van der Waals surface area contributed by atoms with Gasteiger partial charge in [-0.2, -0.15) is 0 Å². The van der Waals surface area contributed by atoms with E-state index in [2.05, 4.69) is 16.4 Å². The Hall–Kier alpha value is -1.26. The van der Waals surface area contributed by atoms with Gasteiger partial charge in [-0.05, 0) is 6.42 Å². The Labute approximate surface area is 96.1 Å². The fourth-order valence-electron chi connectivity index (χ4n) is 1.12. The Balaban J connectivity index is 3.14. The average Bonchev–Trinajstić information content (AvgIpc) is 2.29. The molecular formula is C11H20O5. The zero-order chi connectivity index (χ0) is 12.1. The Morgan fingerprint density at radius 1 is 1.00 bits per heavy atom. The molecule has 0 atom stereocenters. The molecule has 0 unspecified atom stereocenters. The van der Waals surface area contributed by atoms with Crippen molar-refractivity contribution in [1.82, 2.24) is 0 Å². The predicted octanol–water partition coefficient (Wildman–Crippen LogP) is 2.28. The van der Waals surface area contributed by atoms with E-state index in [9.17, 15) is 9.59 Å². The van der Waals surface area contributed by atoms with Crippen LogP contribution in [-0.2, 0) is 19.0 Å². The van der Waals surface area contributed by atoms with E-state index < -0.39 is 6.16 Å². The topological polar surface area (TPSA) is 61.8 Å². The Bertz CT molecular complexity index is 181. The van der Waals surface area contributed by atoms with Crippen molar-refractivity contribution in [2.45, 2.75) is 39.0 Å². The maximum atomic E-state index is 10.9. The molecule has 16 heavy (non-hydrogen) atoms. The van der Waals surface area contributed by atoms with Gasteiger partial charge in [-0.15, -0.1) is 0 Å². The zero-order valence-electron chi connectivity index (χ0n) is 9.78. The van der Waals surface area contributed by atoms with Crippen LogP contribution in [0, 0.1) is 0 Å². The van der Waals surface area contributed by atoms with Crippen molar-refractivity contribution in [2.24, 2.45) is 0 Å². The lowest BCUT2D eigenvalue weighted by Crippen LogP contribution is -2.12. The molecule has 0 fully saturated rings. The number of carbonyl (C=O) groups excluding carboxylic acids is 2. The van der Waals surface area contributed by atoms with Crippen molar-refractivity contribution in [2.75, 3.05) is 19.8 Å². The minimum atomic E-state index is -0.704. The van der Waals surface area contributed by atoms with E-state index in [1.165, 1.54) is 19.3 Å². The first-order chi connectivity index (χ1) is 7.81. The number of unbranched alkanes of at least 4 members (excludes halogenated alkanes) is 4. The van der Waals surface area contributed by atoms with Gasteiger partial charge >= 0.3 is 6.16 Å². The monoisotopic (exact) mass is 232 g/mol. The second kappa shape index (κ2) is 11.8. The first kappa shape index (κ1) is 14.7. The highest BCUT2D eigenvalue weighted by atomic mass is 16.7. The molecule has 0 aromatic carbocycles. The van der Waals surface area contributed by atoms with Gasteiger partial charge in [0.15, 0.2) is 0 Å². The van der Waals surface area contributed by atoms with Gasteiger partial charge in [0.05, 0.1) is 6.61 Å². The van der Waals surface area contributed by atoms with E-state index in [1.807, 2.05) is 0 Å². The Morgan fingerprint density at radius 2 is 1.69 bits per heavy atom. The van der Waals surface area contributed by atoms with Crippen LogP contribution in [0.5, 0.6) is 0 Å². The molecule has 0 aromatic heterocycles. The summed E-state index contributed by atoms with van der Waals surface area (Å²) in [6, 6.07) is 0. The molecule has 0 aliphatic carbocycles. The molecule has 0 saturated heterocycles. The molecule has 5 heteroatoms. The third kappa shape index (κ3) is 10.8. The summed E-state index contributed by atoms with van der Waals surface area (Å²) in [6.07, 6.45) is 4.80. The van der Waals surface area contributed by atoms with Gasteiger partial charge in [0.2, 0.25) is 0 Å². The third-order valence-electron chi connectivity index (χ3n) is 1.96. The lowest BCUT2D eigenvalue weighted by atomic mass is 10.2. The van der Waals surface area contributed by atoms with Crippen LogP contribution in [0.1, 0.15) is 39.0 Å². The first-order valence-corrected chi connectivity index (χ1v) is 5.66. The number of hydrogen-bond acceptors (Lipinski definition) is 5. The van der Waals surface area contributed by atoms with E-state index in [0.29, 0.717) is 13.1 Å². The van der Waals surface area contributed by atoms with Crippen molar-refractivity contribution in [3.8, 4) is 0 Å². The van der Waals surface area contributed by atoms with E-state index in [1.54, 1.807) is 0 Å². The van der Waals surface area contributed by atoms with Gasteiger partial charge in [0.1, 0.15) is 13.2 Å². The molecule has 0 saturated carbocycles. The normalized spacial score (nSPS) is 9.56. The van der Waals surface area contributed by atoms with Crippen LogP contribution in [0.2, 0.25) is 0 Å². The van der Waals surface area contributed by atoms with Crippen molar-refractivity contribution in [1.29, 1.82) is 0 Å². The van der Waals surface area contributed by atoms with Crippen LogP contribution in [-0.4, -0.2) is 32.4 Å². The minimum absolute atomic E-state index is 0.0351. The van der Waals surface area contributed by atoms with E-state index >= 15 is 0 Å². The summed E-state index contributed by atoms with van der Waals surface area (Å²) >= 11 is 0. The second-order valence-electron chi connectivity index (χ2n) is 3.33. The van der Waals surface area contributed by atoms with Crippen LogP contribution in [0.15, 0.2) is 0 Å². The summed E-state index contributed by atoms with van der Waals surface area (Å²) in [5.41, 5.74) is 0. The SMILES string of the molecule is CCCCCCCOC(=O)OCCOC=O. The molecule has 0 radical (unpaired) electrons. The Kier molecular flexibility index (Phi) is 10.9. The molecule has 94 valence electrons. The molecule has 0 aliphatic heterocycles. The first-order valence-electron chi connectivity index (χ1n) is 5.66. The maximum absolute atomic E-state index is 10.9. The van der Waals surface area contributed by atoms with E-state index in [-0.39, 0.29) is 13.2 Å². The maximum Gasteiger partial charge on any atom is 0.508 e. The molecule has 0 aliphatic rings. The highest BCUT2D eigenvalue weighted by molar-refractivity contribution is 5.59. The third-order valence-corrected chi connectivity index (χ3v) is 1.96. The summed E-state index contributed by atoms with van der Waals surface area (Å²) in [4.78, 5) is 20.7. The van der Waals surface area contributed by atoms with Crippen LogP contribution >= 0.6 is 0 Å². The molecule has 0 bridgehead atoms. The molecular weight excluding hydrogens is 212 g/mol. The average molecular weight is 232 g/mol. The highest BCUT2D eigenvalue weighted by Crippen LogP contribution is 2.02. The molecule has 0 rings (SSSR count). The summed E-state index contributed by atoms with van der Waals surface area (Å²) in [6.45, 7) is 2.94. The highest BCUT2D eigenvalue weighted by Gasteiger charge is 2.02. The minimum Gasteiger partial charge on any atom is -0.464 e. The second-order valence-corrected chi connectivity index (χ2v) is 3.33. The predicted molar refractivity (Wildman–Crippen MR) is 58.1 cm³/mol. The van der Waals surface area contributed by atoms with Crippen LogP contribution in [0.25, 0.3) is 0 Å². The van der Waals surface area contributed by atoms with E-state index in [4.69, 9.17) is 4.74 Å². The molecule has 0 N–H and O–H groups in total. The number of hydrogen-bond donors (Lipinski definition) is 0. The molecule has 0 heterocycles. The summed E-state index contributed by atoms with van der Waals surface area (Å²) < 4.78 is 13.8. The largest absolute Gasteiger partial charge is 0.508 e. The molecule has 0 spiro atoms.